The lowest BCUT2D eigenvalue weighted by Gasteiger charge is -2.07. The van der Waals surface area contributed by atoms with Crippen molar-refractivity contribution in [1.82, 2.24) is 19.3 Å². The molecule has 0 saturated carbocycles. The Bertz CT molecular complexity index is 1210. The van der Waals surface area contributed by atoms with E-state index in [-0.39, 0.29) is 5.91 Å². The van der Waals surface area contributed by atoms with Crippen LogP contribution >= 0.6 is 0 Å². The molecule has 0 unspecified atom stereocenters. The molecule has 132 valence electrons. The molecular weight excluding hydrogens is 340 g/mol. The third-order valence-corrected chi connectivity index (χ3v) is 4.60. The van der Waals surface area contributed by atoms with Crippen LogP contribution in [0.2, 0.25) is 0 Å². The molecule has 0 atom stereocenters. The summed E-state index contributed by atoms with van der Waals surface area (Å²) >= 11 is 0. The Labute approximate surface area is 154 Å². The van der Waals surface area contributed by atoms with E-state index in [2.05, 4.69) is 20.4 Å². The normalized spacial score (nSPS) is 13.6. The average molecular weight is 356 g/mol. The highest BCUT2D eigenvalue weighted by molar-refractivity contribution is 5.95. The predicted octanol–water partition coefficient (Wildman–Crippen LogP) is 2.39. The van der Waals surface area contributed by atoms with Gasteiger partial charge in [0.2, 0.25) is 5.62 Å². The largest absolute Gasteiger partial charge is 0.369 e. The molecule has 4 aromatic rings. The molecule has 1 aliphatic heterocycles. The summed E-state index contributed by atoms with van der Waals surface area (Å²) in [5.74, 6) is 0.646. The second-order valence-corrected chi connectivity index (χ2v) is 6.27. The van der Waals surface area contributed by atoms with Gasteiger partial charge in [0.1, 0.15) is 5.82 Å². The van der Waals surface area contributed by atoms with Gasteiger partial charge >= 0.3 is 0 Å². The molecule has 2 aromatic carbocycles. The highest BCUT2D eigenvalue weighted by atomic mass is 16.1. The van der Waals surface area contributed by atoms with Gasteiger partial charge in [-0.15, -0.1) is 0 Å². The molecule has 0 aliphatic carbocycles. The van der Waals surface area contributed by atoms with Gasteiger partial charge in [-0.25, -0.2) is 9.67 Å². The van der Waals surface area contributed by atoms with E-state index < -0.39 is 0 Å². The Morgan fingerprint density at radius 1 is 1.07 bits per heavy atom. The molecule has 1 N–H and O–H groups in total. The summed E-state index contributed by atoms with van der Waals surface area (Å²) in [5, 5.41) is 8.58. The van der Waals surface area contributed by atoms with E-state index in [1.165, 1.54) is 0 Å². The van der Waals surface area contributed by atoms with Crippen LogP contribution in [0.4, 0.5) is 5.82 Å². The maximum atomic E-state index is 12.7. The quantitative estimate of drug-likeness (QED) is 0.598. The van der Waals surface area contributed by atoms with Gasteiger partial charge in [0.15, 0.2) is 0 Å². The molecule has 3 heterocycles. The van der Waals surface area contributed by atoms with Gasteiger partial charge in [-0.2, -0.15) is 10.1 Å². The van der Waals surface area contributed by atoms with Crippen LogP contribution in [0, 0.1) is 0 Å². The number of carbonyl (C=O) groups is 1. The topological polar surface area (TPSA) is 77.1 Å². The fourth-order valence-corrected chi connectivity index (χ4v) is 3.29. The van der Waals surface area contributed by atoms with Crippen LogP contribution in [0.15, 0.2) is 72.0 Å². The van der Waals surface area contributed by atoms with Crippen LogP contribution in [0.5, 0.6) is 0 Å². The summed E-state index contributed by atoms with van der Waals surface area (Å²) in [6, 6.07) is 16.9. The van der Waals surface area contributed by atoms with Crippen LogP contribution in [0.3, 0.4) is 0 Å². The summed E-state index contributed by atoms with van der Waals surface area (Å²) < 4.78 is 3.70. The summed E-state index contributed by atoms with van der Waals surface area (Å²) in [4.78, 5) is 21.6. The zero-order valence-electron chi connectivity index (χ0n) is 14.4. The number of nitrogens with zero attached hydrogens (tertiary/aromatic N) is 5. The molecule has 0 fully saturated rings. The van der Waals surface area contributed by atoms with Gasteiger partial charge in [0.25, 0.3) is 5.91 Å². The van der Waals surface area contributed by atoms with Crippen LogP contribution in [0.25, 0.3) is 16.6 Å². The number of carbonyl (C=O) groups excluding carboxylic acids is 1. The third-order valence-electron chi connectivity index (χ3n) is 4.60. The van der Waals surface area contributed by atoms with E-state index in [9.17, 15) is 4.79 Å². The summed E-state index contributed by atoms with van der Waals surface area (Å²) in [5.41, 5.74) is 2.65. The summed E-state index contributed by atoms with van der Waals surface area (Å²) in [6.07, 6.45) is 3.57. The van der Waals surface area contributed by atoms with Gasteiger partial charge < -0.3 is 5.32 Å². The minimum Gasteiger partial charge on any atom is -0.369 e. The molecule has 0 bridgehead atoms. The van der Waals surface area contributed by atoms with Crippen molar-refractivity contribution in [2.45, 2.75) is 6.54 Å². The first-order chi connectivity index (χ1) is 13.3. The fraction of sp³-hybridized carbons (Fsp3) is 0.100. The van der Waals surface area contributed by atoms with Gasteiger partial charge in [0, 0.05) is 36.4 Å². The fourth-order valence-electron chi connectivity index (χ4n) is 3.29. The van der Waals surface area contributed by atoms with E-state index in [1.54, 1.807) is 23.0 Å². The smallest absolute Gasteiger partial charge is 0.280 e. The minimum absolute atomic E-state index is 0.314. The third kappa shape index (κ3) is 2.69. The second kappa shape index (κ2) is 6.21. The lowest BCUT2D eigenvalue weighted by atomic mass is 10.2. The number of aromatic nitrogens is 4. The Hall–Kier alpha value is -3.74. The first-order valence-corrected chi connectivity index (χ1v) is 8.72. The zero-order chi connectivity index (χ0) is 18.2. The number of amides is 1. The van der Waals surface area contributed by atoms with Gasteiger partial charge in [0.05, 0.1) is 11.2 Å². The highest BCUT2D eigenvalue weighted by Crippen LogP contribution is 2.22. The molecule has 0 saturated heterocycles. The zero-order valence-corrected chi connectivity index (χ0v) is 14.4. The Morgan fingerprint density at radius 3 is 2.74 bits per heavy atom. The van der Waals surface area contributed by atoms with Gasteiger partial charge in [-0.3, -0.25) is 9.36 Å². The molecule has 7 heteroatoms. The maximum absolute atomic E-state index is 12.7. The lowest BCUT2D eigenvalue weighted by molar-refractivity contribution is 0.0996. The van der Waals surface area contributed by atoms with E-state index >= 15 is 0 Å². The molecule has 27 heavy (non-hydrogen) atoms. The molecular formula is C20H16N6O. The molecule has 1 amide bonds. The van der Waals surface area contributed by atoms with E-state index in [0.717, 1.165) is 35.5 Å². The van der Waals surface area contributed by atoms with Crippen LogP contribution in [0.1, 0.15) is 10.4 Å². The number of nitrogens with one attached hydrogen (secondary N) is 1. The summed E-state index contributed by atoms with van der Waals surface area (Å²) in [6.45, 7) is 1.53. The molecule has 5 rings (SSSR count). The van der Waals surface area contributed by atoms with Gasteiger partial charge in [-0.05, 0) is 42.5 Å². The van der Waals surface area contributed by atoms with Crippen molar-refractivity contribution in [2.24, 2.45) is 4.99 Å². The number of fused-ring (bicyclic) bond motifs is 3. The van der Waals surface area contributed by atoms with Crippen LogP contribution in [-0.4, -0.2) is 31.8 Å². The molecule has 7 nitrogen and oxygen atoms in total. The molecule has 0 spiro atoms. The van der Waals surface area contributed by atoms with Crippen molar-refractivity contribution < 1.29 is 4.79 Å². The first kappa shape index (κ1) is 15.5. The van der Waals surface area contributed by atoms with Crippen LogP contribution in [-0.2, 0) is 6.54 Å². The number of benzene rings is 2. The Morgan fingerprint density at radius 2 is 1.93 bits per heavy atom. The minimum atomic E-state index is -0.314. The predicted molar refractivity (Wildman–Crippen MR) is 102 cm³/mol. The highest BCUT2D eigenvalue weighted by Gasteiger charge is 2.15. The van der Waals surface area contributed by atoms with Crippen molar-refractivity contribution in [3.63, 3.8) is 0 Å². The van der Waals surface area contributed by atoms with Crippen molar-refractivity contribution in [1.29, 1.82) is 0 Å². The number of hydrogen-bond donors (Lipinski definition) is 1. The van der Waals surface area contributed by atoms with Crippen molar-refractivity contribution in [3.05, 3.63) is 78.2 Å². The maximum Gasteiger partial charge on any atom is 0.280 e. The Kier molecular flexibility index (Phi) is 3.57. The van der Waals surface area contributed by atoms with E-state index in [0.29, 0.717) is 11.2 Å². The van der Waals surface area contributed by atoms with Crippen molar-refractivity contribution >= 4 is 22.6 Å². The van der Waals surface area contributed by atoms with Crippen molar-refractivity contribution in [2.75, 3.05) is 11.9 Å². The number of rotatable bonds is 2. The number of para-hydroxylation sites is 1. The van der Waals surface area contributed by atoms with Crippen LogP contribution < -0.4 is 10.9 Å². The standard InChI is InChI=1S/C20H16N6O/c27-19(14-6-8-15(9-7-14)26-12-3-10-22-26)24-20-23-17-5-2-1-4-16(17)18-21-11-13-25(18)20/h1-10,12,21H,11,13H2. The summed E-state index contributed by atoms with van der Waals surface area (Å²) in [7, 11) is 0. The molecule has 1 aliphatic rings. The lowest BCUT2D eigenvalue weighted by Crippen LogP contribution is -2.24. The van der Waals surface area contributed by atoms with E-state index in [4.69, 9.17) is 0 Å². The molecule has 0 radical (unpaired) electrons. The van der Waals surface area contributed by atoms with E-state index in [1.807, 2.05) is 53.2 Å². The first-order valence-electron chi connectivity index (χ1n) is 8.72. The number of hydrogen-bond acceptors (Lipinski definition) is 4. The SMILES string of the molecule is O=C(N=c1nc2ccccc2c2n1CCN2)c1ccc(-n2cccn2)cc1. The Balaban J connectivity index is 1.56. The van der Waals surface area contributed by atoms with Gasteiger partial charge in [-0.1, -0.05) is 12.1 Å². The average Bonchev–Trinajstić information content (AvgIpc) is 3.40. The number of anilines is 1. The van der Waals surface area contributed by atoms with Crippen molar-refractivity contribution in [3.8, 4) is 5.69 Å². The second-order valence-electron chi connectivity index (χ2n) is 6.27. The molecule has 2 aromatic heterocycles. The monoisotopic (exact) mass is 356 g/mol.